The van der Waals surface area contributed by atoms with Crippen LogP contribution in [0.4, 0.5) is 4.39 Å². The summed E-state index contributed by atoms with van der Waals surface area (Å²) in [6.45, 7) is 5.52. The van der Waals surface area contributed by atoms with Crippen LogP contribution in [0.25, 0.3) is 0 Å². The highest BCUT2D eigenvalue weighted by atomic mass is 31.2. The molecule has 160 valence electrons. The van der Waals surface area contributed by atoms with E-state index in [4.69, 9.17) is 4.52 Å². The predicted octanol–water partition coefficient (Wildman–Crippen LogP) is 2.71. The molecular weight excluding hydrogens is 396 g/mol. The lowest BCUT2D eigenvalue weighted by molar-refractivity contribution is -0.669. The second kappa shape index (κ2) is 9.94. The lowest BCUT2D eigenvalue weighted by atomic mass is 9.83. The van der Waals surface area contributed by atoms with Gasteiger partial charge in [0.2, 0.25) is 0 Å². The van der Waals surface area contributed by atoms with Crippen molar-refractivity contribution in [2.45, 2.75) is 39.0 Å². The molecule has 3 N–H and O–H groups in total. The summed E-state index contributed by atoms with van der Waals surface area (Å²) in [5.74, 6) is -0.479. The van der Waals surface area contributed by atoms with Crippen LogP contribution in [-0.2, 0) is 13.6 Å². The summed E-state index contributed by atoms with van der Waals surface area (Å²) >= 11 is 0. The minimum absolute atomic E-state index is 0.0211. The van der Waals surface area contributed by atoms with Crippen molar-refractivity contribution in [3.8, 4) is 0 Å². The molecule has 0 aromatic heterocycles. The Morgan fingerprint density at radius 1 is 1.21 bits per heavy atom. The summed E-state index contributed by atoms with van der Waals surface area (Å²) in [6.07, 6.45) is -1.23. The average Bonchev–Trinajstić information content (AvgIpc) is 2.70. The van der Waals surface area contributed by atoms with Crippen molar-refractivity contribution in [1.29, 1.82) is 0 Å². The van der Waals surface area contributed by atoms with E-state index in [1.165, 1.54) is 12.1 Å². The molecule has 0 amide bonds. The number of phosphoric acid groups is 1. The van der Waals surface area contributed by atoms with Crippen LogP contribution < -0.4 is 10.2 Å². The van der Waals surface area contributed by atoms with Gasteiger partial charge < -0.3 is 24.4 Å². The van der Waals surface area contributed by atoms with Crippen LogP contribution in [0.2, 0.25) is 0 Å². The van der Waals surface area contributed by atoms with Crippen LogP contribution in [0.15, 0.2) is 54.6 Å². The van der Waals surface area contributed by atoms with Gasteiger partial charge in [-0.05, 0) is 18.6 Å². The van der Waals surface area contributed by atoms with Gasteiger partial charge in [0.05, 0.1) is 13.7 Å². The molecule has 2 aromatic carbocycles. The number of aliphatic hydroxyl groups is 1. The number of likely N-dealkylation sites (N-methyl/N-ethyl adjacent to an activating group) is 1. The molecule has 3 rings (SSSR count). The zero-order chi connectivity index (χ0) is 21.7. The van der Waals surface area contributed by atoms with Crippen molar-refractivity contribution in [2.24, 2.45) is 5.41 Å². The van der Waals surface area contributed by atoms with Gasteiger partial charge in [-0.25, -0.2) is 4.39 Å². The van der Waals surface area contributed by atoms with Crippen molar-refractivity contribution in [2.75, 3.05) is 13.7 Å². The third kappa shape index (κ3) is 6.44. The molecule has 2 aromatic rings. The summed E-state index contributed by atoms with van der Waals surface area (Å²) in [5.41, 5.74) is 0.612. The first kappa shape index (κ1) is 23.7. The highest BCUT2D eigenvalue weighted by Crippen LogP contribution is 2.55. The van der Waals surface area contributed by atoms with Crippen LogP contribution in [0, 0.1) is 11.2 Å². The molecule has 1 aliphatic rings. The Bertz CT molecular complexity index is 833. The number of benzene rings is 2. The monoisotopic (exact) mass is 425 g/mol. The number of hydrogen-bond donors (Lipinski definition) is 2. The van der Waals surface area contributed by atoms with Crippen LogP contribution in [-0.4, -0.2) is 24.8 Å². The van der Waals surface area contributed by atoms with E-state index in [0.29, 0.717) is 0 Å². The summed E-state index contributed by atoms with van der Waals surface area (Å²) in [4.78, 5) is 11.3. The van der Waals surface area contributed by atoms with Gasteiger partial charge in [0.1, 0.15) is 24.1 Å². The van der Waals surface area contributed by atoms with Crippen molar-refractivity contribution in [1.82, 2.24) is 0 Å². The molecule has 29 heavy (non-hydrogen) atoms. The number of halogens is 1. The number of phosphoric ester groups is 1. The second-order valence-electron chi connectivity index (χ2n) is 7.76. The van der Waals surface area contributed by atoms with Gasteiger partial charge in [0.15, 0.2) is 0 Å². The van der Waals surface area contributed by atoms with E-state index in [0.717, 1.165) is 5.56 Å². The Kier molecular flexibility index (Phi) is 8.11. The lowest BCUT2D eigenvalue weighted by Crippen LogP contribution is -2.86. The Labute approximate surface area is 171 Å². The van der Waals surface area contributed by atoms with E-state index in [9.17, 15) is 19.0 Å². The van der Waals surface area contributed by atoms with E-state index in [1.54, 1.807) is 26.0 Å². The second-order valence-corrected chi connectivity index (χ2v) is 9.13. The number of nitrogens with two attached hydrogens (primary N) is 1. The summed E-state index contributed by atoms with van der Waals surface area (Å²) in [7, 11) is -2.36. The third-order valence-electron chi connectivity index (χ3n) is 4.89. The maximum absolute atomic E-state index is 13.7. The van der Waals surface area contributed by atoms with Gasteiger partial charge in [0.25, 0.3) is 7.82 Å². The zero-order valence-electron chi connectivity index (χ0n) is 17.1. The third-order valence-corrected chi connectivity index (χ3v) is 5.81. The van der Waals surface area contributed by atoms with Crippen molar-refractivity contribution in [3.05, 3.63) is 71.5 Å². The van der Waals surface area contributed by atoms with Gasteiger partial charge in [-0.3, -0.25) is 4.57 Å². The predicted molar refractivity (Wildman–Crippen MR) is 106 cm³/mol. The fourth-order valence-corrected chi connectivity index (χ4v) is 4.13. The number of aliphatic hydroxyl groups excluding tert-OH is 1. The standard InChI is InChI=1S/C11H14FO4P.C10H15NO/c1-11(2)7-15-17(13,14)16-10(11)8-5-3-4-6-9(8)12;1-8(11-2)10(12)9-6-4-3-5-7-9/h3-6,10H,7H2,1-2H3,(H,13,14);3-8,10-12H,1-2H3/t10-;8-,10-/m11/s1. The van der Waals surface area contributed by atoms with Gasteiger partial charge in [-0.2, -0.15) is 0 Å². The van der Waals surface area contributed by atoms with Crippen LogP contribution in [0.5, 0.6) is 0 Å². The molecule has 0 aliphatic carbocycles. The summed E-state index contributed by atoms with van der Waals surface area (Å²) in [6, 6.07) is 15.9. The van der Waals surface area contributed by atoms with Gasteiger partial charge in [-0.15, -0.1) is 0 Å². The summed E-state index contributed by atoms with van der Waals surface area (Å²) < 4.78 is 34.5. The highest BCUT2D eigenvalue weighted by Gasteiger charge is 2.41. The fourth-order valence-electron chi connectivity index (χ4n) is 2.92. The Balaban J connectivity index is 0.000000221. The molecule has 1 unspecified atom stereocenters. The summed E-state index contributed by atoms with van der Waals surface area (Å²) in [5, 5.41) is 11.8. The topological polar surface area (TPSA) is 95.4 Å². The first-order valence-electron chi connectivity index (χ1n) is 9.48. The van der Waals surface area contributed by atoms with Crippen molar-refractivity contribution in [3.63, 3.8) is 0 Å². The number of rotatable bonds is 4. The first-order chi connectivity index (χ1) is 13.6. The SMILES string of the molecule is CC1(C)COP(=O)([O-])O[C@@H]1c1ccccc1F.C[NH2+][C@H](C)[C@@H](O)c1ccccc1. The molecule has 0 bridgehead atoms. The minimum atomic E-state index is -4.32. The van der Waals surface area contributed by atoms with E-state index >= 15 is 0 Å². The molecule has 0 spiro atoms. The normalized spacial score (nSPS) is 25.4. The molecule has 1 saturated heterocycles. The molecule has 1 fully saturated rings. The zero-order valence-corrected chi connectivity index (χ0v) is 18.0. The van der Waals surface area contributed by atoms with E-state index in [2.05, 4.69) is 4.52 Å². The smallest absolute Gasteiger partial charge is 0.268 e. The Hall–Kier alpha value is -1.60. The molecule has 1 heterocycles. The van der Waals surface area contributed by atoms with E-state index < -0.39 is 25.2 Å². The average molecular weight is 425 g/mol. The van der Waals surface area contributed by atoms with Gasteiger partial charge in [-0.1, -0.05) is 62.4 Å². The van der Waals surface area contributed by atoms with Gasteiger partial charge >= 0.3 is 0 Å². The molecule has 6 nitrogen and oxygen atoms in total. The van der Waals surface area contributed by atoms with Crippen molar-refractivity contribution >= 4 is 7.82 Å². The quantitative estimate of drug-likeness (QED) is 0.735. The molecule has 8 heteroatoms. The largest absolute Gasteiger partial charge is 0.756 e. The van der Waals surface area contributed by atoms with Crippen molar-refractivity contribution < 1.29 is 33.3 Å². The van der Waals surface area contributed by atoms with Crippen LogP contribution >= 0.6 is 7.82 Å². The fraction of sp³-hybridized carbons (Fsp3) is 0.429. The van der Waals surface area contributed by atoms with Crippen LogP contribution in [0.1, 0.15) is 44.1 Å². The molecule has 4 atom stereocenters. The number of hydrogen-bond acceptors (Lipinski definition) is 5. The Morgan fingerprint density at radius 2 is 1.79 bits per heavy atom. The first-order valence-corrected chi connectivity index (χ1v) is 10.9. The molecular formula is C21H29FNO5P. The lowest BCUT2D eigenvalue weighted by Gasteiger charge is -2.43. The van der Waals surface area contributed by atoms with E-state index in [1.807, 2.05) is 49.6 Å². The van der Waals surface area contributed by atoms with Crippen LogP contribution in [0.3, 0.4) is 0 Å². The highest BCUT2D eigenvalue weighted by molar-refractivity contribution is 7.45. The number of quaternary nitrogens is 1. The van der Waals surface area contributed by atoms with Gasteiger partial charge in [0, 0.05) is 11.0 Å². The molecule has 0 radical (unpaired) electrons. The minimum Gasteiger partial charge on any atom is -0.756 e. The molecule has 0 saturated carbocycles. The molecule has 1 aliphatic heterocycles. The van der Waals surface area contributed by atoms with E-state index in [-0.39, 0.29) is 24.3 Å². The maximum atomic E-state index is 13.7. The maximum Gasteiger partial charge on any atom is 0.268 e. The Morgan fingerprint density at radius 3 is 2.38 bits per heavy atom.